The minimum atomic E-state index is -0.552. The number of carbonyl (C=O) groups is 4. The summed E-state index contributed by atoms with van der Waals surface area (Å²) in [7, 11) is 0. The Labute approximate surface area is 268 Å². The summed E-state index contributed by atoms with van der Waals surface area (Å²) in [5, 5.41) is 1.74. The zero-order chi connectivity index (χ0) is 31.9. The molecule has 2 aliphatic rings. The van der Waals surface area contributed by atoms with Gasteiger partial charge in [0.15, 0.2) is 5.78 Å². The summed E-state index contributed by atoms with van der Waals surface area (Å²) in [6.45, 7) is 0.808. The molecular weight excluding hydrogens is 578 g/mol. The van der Waals surface area contributed by atoms with Crippen molar-refractivity contribution in [3.63, 3.8) is 0 Å². The minimum absolute atomic E-state index is 0.0369. The fraction of sp³-hybridized carbons (Fsp3) is 0.263. The van der Waals surface area contributed by atoms with Gasteiger partial charge < -0.3 is 4.74 Å². The van der Waals surface area contributed by atoms with E-state index in [0.717, 1.165) is 43.4 Å². The molecule has 2 heterocycles. The molecule has 0 aromatic heterocycles. The lowest BCUT2D eigenvalue weighted by Gasteiger charge is -2.32. The van der Waals surface area contributed by atoms with Gasteiger partial charge in [-0.1, -0.05) is 85.6 Å². The second-order valence-corrected chi connectivity index (χ2v) is 11.6. The van der Waals surface area contributed by atoms with Crippen molar-refractivity contribution in [2.75, 3.05) is 18.2 Å². The highest BCUT2D eigenvalue weighted by molar-refractivity contribution is 6.21. The zero-order valence-corrected chi connectivity index (χ0v) is 25.7. The second-order valence-electron chi connectivity index (χ2n) is 11.6. The maximum absolute atomic E-state index is 13.8. The van der Waals surface area contributed by atoms with Crippen molar-refractivity contribution in [2.24, 2.45) is 0 Å². The molecule has 0 bridgehead atoms. The molecule has 0 fully saturated rings. The number of hydrogen-bond donors (Lipinski definition) is 1. The van der Waals surface area contributed by atoms with Gasteiger partial charge in [0.1, 0.15) is 11.8 Å². The number of amides is 3. The van der Waals surface area contributed by atoms with Crippen molar-refractivity contribution in [1.82, 2.24) is 10.3 Å². The molecule has 1 unspecified atom stereocenters. The number of ether oxygens (including phenoxy) is 1. The molecule has 4 aromatic carbocycles. The van der Waals surface area contributed by atoms with Crippen LogP contribution in [0.3, 0.4) is 0 Å². The number of imide groups is 1. The van der Waals surface area contributed by atoms with Gasteiger partial charge in [-0.25, -0.2) is 0 Å². The molecule has 0 radical (unpaired) electrons. The fourth-order valence-electron chi connectivity index (χ4n) is 6.22. The molecule has 1 atom stereocenters. The van der Waals surface area contributed by atoms with Gasteiger partial charge in [0.05, 0.1) is 29.0 Å². The molecule has 6 rings (SSSR count). The highest BCUT2D eigenvalue weighted by atomic mass is 16.5. The van der Waals surface area contributed by atoms with Gasteiger partial charge in [-0.15, -0.1) is 0 Å². The van der Waals surface area contributed by atoms with E-state index in [2.05, 4.69) is 5.43 Å². The van der Waals surface area contributed by atoms with Crippen molar-refractivity contribution < 1.29 is 23.9 Å². The number of nitrogens with zero attached hydrogens (tertiary/aromatic N) is 2. The predicted molar refractivity (Wildman–Crippen MR) is 176 cm³/mol. The normalized spacial score (nSPS) is 15.6. The molecule has 0 saturated carbocycles. The van der Waals surface area contributed by atoms with Crippen LogP contribution in [0.25, 0.3) is 0 Å². The zero-order valence-electron chi connectivity index (χ0n) is 25.7. The number of unbranched alkanes of at least 4 members (excludes halogenated alkanes) is 3. The van der Waals surface area contributed by atoms with Crippen LogP contribution in [0.2, 0.25) is 0 Å². The number of ketones is 1. The van der Waals surface area contributed by atoms with Crippen molar-refractivity contribution >= 4 is 29.2 Å². The summed E-state index contributed by atoms with van der Waals surface area (Å²) in [5.41, 5.74) is 6.92. The first-order valence-electron chi connectivity index (χ1n) is 16.0. The lowest BCUT2D eigenvalue weighted by molar-refractivity contribution is 0.0650. The standard InChI is InChI=1S/C38H37N3O5/c42-35(28-16-4-3-5-17-28)33-23-14-18-27-15-6-10-22-32(27)41(33)39-36(43)31-21-9-11-24-34(31)46-26-13-2-1-12-25-40-37(44)29-19-7-8-20-30(29)38(40)45/h3-11,15-17,19-22,24,33H,1-2,12-14,18,23,25-26H2,(H,39,43). The Balaban J connectivity index is 1.06. The van der Waals surface area contributed by atoms with Crippen molar-refractivity contribution in [2.45, 2.75) is 51.0 Å². The van der Waals surface area contributed by atoms with E-state index in [-0.39, 0.29) is 23.5 Å². The van der Waals surface area contributed by atoms with Gasteiger partial charge >= 0.3 is 0 Å². The number of hydrogen-bond acceptors (Lipinski definition) is 6. The second kappa shape index (κ2) is 14.2. The third-order valence-electron chi connectivity index (χ3n) is 8.61. The number of nitrogens with one attached hydrogen (secondary N) is 1. The minimum Gasteiger partial charge on any atom is -0.493 e. The van der Waals surface area contributed by atoms with Crippen LogP contribution < -0.4 is 15.2 Å². The third kappa shape index (κ3) is 6.56. The Bertz CT molecular complexity index is 1700. The van der Waals surface area contributed by atoms with E-state index in [9.17, 15) is 19.2 Å². The molecule has 8 heteroatoms. The van der Waals surface area contributed by atoms with Gasteiger partial charge in [-0.3, -0.25) is 34.5 Å². The Morgan fingerprint density at radius 2 is 1.39 bits per heavy atom. The van der Waals surface area contributed by atoms with E-state index in [0.29, 0.717) is 54.0 Å². The van der Waals surface area contributed by atoms with Crippen LogP contribution in [0.15, 0.2) is 103 Å². The number of benzene rings is 4. The van der Waals surface area contributed by atoms with Crippen LogP contribution in [0.1, 0.15) is 85.5 Å². The van der Waals surface area contributed by atoms with E-state index in [1.165, 1.54) is 4.90 Å². The Morgan fingerprint density at radius 1 is 0.739 bits per heavy atom. The largest absolute Gasteiger partial charge is 0.493 e. The molecule has 8 nitrogen and oxygen atoms in total. The lowest BCUT2D eigenvalue weighted by Crippen LogP contribution is -2.52. The molecule has 0 spiro atoms. The number of anilines is 1. The van der Waals surface area contributed by atoms with E-state index >= 15 is 0 Å². The monoisotopic (exact) mass is 615 g/mol. The SMILES string of the molecule is O=C(NN1c2ccccc2CCCC1C(=O)c1ccccc1)c1ccccc1OCCCCCCN1C(=O)c2ccccc2C1=O. The number of rotatable bonds is 12. The molecule has 234 valence electrons. The molecule has 0 saturated heterocycles. The molecule has 2 aliphatic heterocycles. The Hall–Kier alpha value is -5.24. The quantitative estimate of drug-likeness (QED) is 0.109. The molecule has 0 aliphatic carbocycles. The van der Waals surface area contributed by atoms with Crippen molar-refractivity contribution in [3.8, 4) is 5.75 Å². The highest BCUT2D eigenvalue weighted by Gasteiger charge is 2.35. The number of hydrazine groups is 1. The van der Waals surface area contributed by atoms with Crippen LogP contribution in [-0.4, -0.2) is 47.6 Å². The smallest absolute Gasteiger partial charge is 0.273 e. The van der Waals surface area contributed by atoms with Gasteiger partial charge in [-0.05, 0) is 68.0 Å². The van der Waals surface area contributed by atoms with Crippen LogP contribution in [-0.2, 0) is 6.42 Å². The van der Waals surface area contributed by atoms with Gasteiger partial charge in [0, 0.05) is 12.1 Å². The number of para-hydroxylation sites is 2. The fourth-order valence-corrected chi connectivity index (χ4v) is 6.22. The topological polar surface area (TPSA) is 96.0 Å². The van der Waals surface area contributed by atoms with Crippen molar-refractivity contribution in [3.05, 3.63) is 131 Å². The summed E-state index contributed by atoms with van der Waals surface area (Å²) < 4.78 is 6.08. The summed E-state index contributed by atoms with van der Waals surface area (Å²) in [5.74, 6) is -0.360. The first kappa shape index (κ1) is 30.8. The molecule has 1 N–H and O–H groups in total. The molecule has 4 aromatic rings. The number of carbonyl (C=O) groups excluding carboxylic acids is 4. The lowest BCUT2D eigenvalue weighted by atomic mass is 9.99. The van der Waals surface area contributed by atoms with Gasteiger partial charge in [0.2, 0.25) is 0 Å². The average Bonchev–Trinajstić information content (AvgIpc) is 3.21. The van der Waals surface area contributed by atoms with E-state index < -0.39 is 6.04 Å². The number of Topliss-reactive ketones (excluding diaryl/α,β-unsaturated/α-hetero) is 1. The first-order valence-corrected chi connectivity index (χ1v) is 16.0. The van der Waals surface area contributed by atoms with Gasteiger partial charge in [-0.2, -0.15) is 0 Å². The summed E-state index contributed by atoms with van der Waals surface area (Å²) in [4.78, 5) is 54.0. The predicted octanol–water partition coefficient (Wildman–Crippen LogP) is 6.66. The summed E-state index contributed by atoms with van der Waals surface area (Å²) in [6.07, 6.45) is 5.41. The maximum Gasteiger partial charge on any atom is 0.273 e. The van der Waals surface area contributed by atoms with E-state index in [4.69, 9.17) is 4.74 Å². The van der Waals surface area contributed by atoms with Crippen LogP contribution in [0.4, 0.5) is 5.69 Å². The molecule has 46 heavy (non-hydrogen) atoms. The van der Waals surface area contributed by atoms with Crippen LogP contribution in [0, 0.1) is 0 Å². The average molecular weight is 616 g/mol. The number of aryl methyl sites for hydroxylation is 1. The number of fused-ring (bicyclic) bond motifs is 2. The van der Waals surface area contributed by atoms with Crippen LogP contribution >= 0.6 is 0 Å². The highest BCUT2D eigenvalue weighted by Crippen LogP contribution is 2.31. The van der Waals surface area contributed by atoms with E-state index in [1.807, 2.05) is 60.7 Å². The Kier molecular flexibility index (Phi) is 9.53. The molecular formula is C38H37N3O5. The maximum atomic E-state index is 13.8. The summed E-state index contributed by atoms with van der Waals surface area (Å²) in [6, 6.07) is 30.6. The van der Waals surface area contributed by atoms with Crippen molar-refractivity contribution in [1.29, 1.82) is 0 Å². The first-order chi connectivity index (χ1) is 22.5. The van der Waals surface area contributed by atoms with Gasteiger partial charge in [0.25, 0.3) is 17.7 Å². The third-order valence-corrected chi connectivity index (χ3v) is 8.61. The Morgan fingerprint density at radius 3 is 2.17 bits per heavy atom. The van der Waals surface area contributed by atoms with Crippen LogP contribution in [0.5, 0.6) is 5.75 Å². The van der Waals surface area contributed by atoms with E-state index in [1.54, 1.807) is 47.5 Å². The summed E-state index contributed by atoms with van der Waals surface area (Å²) >= 11 is 0. The molecule has 3 amide bonds.